The summed E-state index contributed by atoms with van der Waals surface area (Å²) in [6.45, 7) is 1.34. The molecule has 1 aliphatic rings. The van der Waals surface area contributed by atoms with Gasteiger partial charge in [-0.15, -0.1) is 92.8 Å². The van der Waals surface area contributed by atoms with Crippen molar-refractivity contribution >= 4 is 92.8 Å². The fraction of sp³-hybridized carbons (Fsp3) is 0.400. The molecule has 1 aliphatic carbocycles. The molecule has 104 heavy (non-hydrogen) atoms. The maximum atomic E-state index is 11.9. The van der Waals surface area contributed by atoms with Crippen molar-refractivity contribution in [3.8, 4) is 92.0 Å². The predicted molar refractivity (Wildman–Crippen MR) is 414 cm³/mol. The Morgan fingerprint density at radius 2 is 0.260 bits per heavy atom. The number of alkyl halides is 8. The number of fused-ring (bicyclic) bond motifs is 16. The zero-order valence-electron chi connectivity index (χ0n) is 57.7. The zero-order valence-corrected chi connectivity index (χ0v) is 63.8. The average molecular weight is 1590 g/mol. The van der Waals surface area contributed by atoms with E-state index in [1.54, 1.807) is 97.1 Å². The maximum absolute atomic E-state index is 11.9. The number of aromatic hydroxyl groups is 8. The molecule has 9 rings (SSSR count). The highest BCUT2D eigenvalue weighted by Crippen LogP contribution is 2.47. The van der Waals surface area contributed by atoms with Crippen LogP contribution in [0, 0.1) is 0 Å². The molecule has 0 heterocycles. The number of benzene rings is 8. The molecule has 0 aromatic heterocycles. The summed E-state index contributed by atoms with van der Waals surface area (Å²) in [5, 5.41) is 95.2. The largest absolute Gasteiger partial charge is 0.508 e. The van der Waals surface area contributed by atoms with E-state index in [0.29, 0.717) is 186 Å². The Bertz CT molecular complexity index is 3180. The molecule has 0 saturated carbocycles. The lowest BCUT2D eigenvalue weighted by Gasteiger charge is -2.23. The van der Waals surface area contributed by atoms with Gasteiger partial charge in [-0.1, -0.05) is 0 Å². The Balaban J connectivity index is 1.34. The molecule has 0 aliphatic heterocycles. The van der Waals surface area contributed by atoms with Crippen molar-refractivity contribution in [2.75, 3.05) is 99.9 Å². The van der Waals surface area contributed by atoms with Gasteiger partial charge in [0.1, 0.15) is 92.0 Å². The van der Waals surface area contributed by atoms with Crippen molar-refractivity contribution in [2.45, 2.75) is 103 Å². The second-order valence-electron chi connectivity index (χ2n) is 25.3. The van der Waals surface area contributed by atoms with Crippen LogP contribution in [0.2, 0.25) is 0 Å². The van der Waals surface area contributed by atoms with Crippen molar-refractivity contribution in [3.63, 3.8) is 0 Å². The minimum atomic E-state index is -0.119. The third kappa shape index (κ3) is 22.5. The van der Waals surface area contributed by atoms with Gasteiger partial charge in [0.15, 0.2) is 0 Å². The van der Waals surface area contributed by atoms with E-state index in [2.05, 4.69) is 0 Å². The number of ether oxygens (including phenoxy) is 8. The summed E-state index contributed by atoms with van der Waals surface area (Å²) in [6.07, 6.45) is 3.81. The van der Waals surface area contributed by atoms with Crippen molar-refractivity contribution in [1.82, 2.24) is 0 Å². The van der Waals surface area contributed by atoms with Crippen molar-refractivity contribution in [1.29, 1.82) is 0 Å². The molecule has 16 bridgehead atoms. The molecule has 0 radical (unpaired) electrons. The molecule has 0 saturated heterocycles. The van der Waals surface area contributed by atoms with Gasteiger partial charge in [0, 0.05) is 187 Å². The van der Waals surface area contributed by atoms with Gasteiger partial charge in [-0.2, -0.15) is 0 Å². The monoisotopic (exact) mass is 1580 g/mol. The summed E-state index contributed by atoms with van der Waals surface area (Å²) in [7, 11) is 0. The molecular weight excluding hydrogens is 1500 g/mol. The van der Waals surface area contributed by atoms with Crippen LogP contribution in [0.15, 0.2) is 97.1 Å². The van der Waals surface area contributed by atoms with E-state index in [0.717, 1.165) is 0 Å². The number of hydrogen-bond acceptors (Lipinski definition) is 16. The topological polar surface area (TPSA) is 236 Å². The molecule has 0 atom stereocenters. The normalized spacial score (nSPS) is 12.4. The summed E-state index contributed by atoms with van der Waals surface area (Å²) in [5.41, 5.74) is 8.01. The number of hydrogen-bond donors (Lipinski definition) is 8. The van der Waals surface area contributed by atoms with Gasteiger partial charge in [0.05, 0.1) is 52.9 Å². The minimum Gasteiger partial charge on any atom is -0.508 e. The molecule has 0 spiro atoms. The standard InChI is InChI=1S/C80H88Cl8O16/c81-9-1-17-97-73-49-25-51-35-66(90)37-53(74(51)98-18-2-10-82)27-55-39-68(92)41-57(76(55)100-20-4-12-84)29-59-43-70(94)45-61(78(59)102-22-6-14-86)31-63-47-72(96)48-64(80(63)104-24-8-16-88)32-62-46-71(95)44-60(79(62)103-23-7-15-87)30-58-42-69(93)40-56(77(58)101-21-5-13-85)28-54-38-67(91)36-52(75(54)99-19-3-11-83)26-50(73)34-65(89)33-49/h33-48,89-96H,1-32H2. The maximum Gasteiger partial charge on any atom is 0.126 e. The van der Waals surface area contributed by atoms with Gasteiger partial charge in [-0.05, 0) is 148 Å². The van der Waals surface area contributed by atoms with Gasteiger partial charge >= 0.3 is 0 Å². The highest BCUT2D eigenvalue weighted by Gasteiger charge is 2.28. The van der Waals surface area contributed by atoms with Crippen LogP contribution < -0.4 is 37.9 Å². The van der Waals surface area contributed by atoms with Crippen LogP contribution in [-0.4, -0.2) is 141 Å². The Morgan fingerprint density at radius 3 is 0.337 bits per heavy atom. The quantitative estimate of drug-likeness (QED) is 0.0145. The Kier molecular flexibility index (Phi) is 32.0. The smallest absolute Gasteiger partial charge is 0.126 e. The second-order valence-corrected chi connectivity index (χ2v) is 28.3. The first-order valence-electron chi connectivity index (χ1n) is 34.8. The second kappa shape index (κ2) is 41.1. The first-order chi connectivity index (χ1) is 50.5. The van der Waals surface area contributed by atoms with E-state index >= 15 is 0 Å². The molecule has 0 unspecified atom stereocenters. The summed E-state index contributed by atoms with van der Waals surface area (Å²) < 4.78 is 53.7. The Labute approximate surface area is 647 Å². The highest BCUT2D eigenvalue weighted by molar-refractivity contribution is 6.19. The molecule has 0 amide bonds. The van der Waals surface area contributed by atoms with Crippen molar-refractivity contribution in [3.05, 3.63) is 186 Å². The van der Waals surface area contributed by atoms with Crippen LogP contribution in [0.5, 0.6) is 92.0 Å². The zero-order chi connectivity index (χ0) is 74.1. The Morgan fingerprint density at radius 1 is 0.173 bits per heavy atom. The Hall–Kier alpha value is -7.12. The first-order valence-corrected chi connectivity index (χ1v) is 39.0. The van der Waals surface area contributed by atoms with E-state index in [4.69, 9.17) is 131 Å². The molecule has 16 nitrogen and oxygen atoms in total. The van der Waals surface area contributed by atoms with Crippen LogP contribution >= 0.6 is 92.8 Å². The number of phenols is 8. The number of rotatable bonds is 32. The first kappa shape index (κ1) is 81.0. The minimum absolute atomic E-state index is 0.0263. The third-order valence-electron chi connectivity index (χ3n) is 17.1. The molecule has 8 aromatic carbocycles. The summed E-state index contributed by atoms with van der Waals surface area (Å²) in [4.78, 5) is 0. The molecule has 560 valence electrons. The number of halogens is 8. The lowest BCUT2D eigenvalue weighted by Crippen LogP contribution is -2.11. The van der Waals surface area contributed by atoms with E-state index < -0.39 is 0 Å². The molecule has 8 aromatic rings. The highest BCUT2D eigenvalue weighted by atomic mass is 35.5. The lowest BCUT2D eigenvalue weighted by molar-refractivity contribution is 0.304. The SMILES string of the molecule is Oc1cc2c(OCCCCl)c(c1)Cc1cc(O)cc(c1OCCCCl)Cc1cc(O)cc(c1OCCCCl)Cc1cc(O)cc(c1OCCCCl)Cc1cc(O)cc(c1OCCCCl)Cc1cc(O)cc(c1OCCCCl)Cc1cc(O)cc(c1OCCCCl)Cc1cc(O)cc(c1OCCCCl)C2. The van der Waals surface area contributed by atoms with E-state index in [-0.39, 0.29) is 197 Å². The van der Waals surface area contributed by atoms with Crippen LogP contribution in [0.4, 0.5) is 0 Å². The fourth-order valence-electron chi connectivity index (χ4n) is 12.9. The summed E-state index contributed by atoms with van der Waals surface area (Å²) >= 11 is 50.5. The summed E-state index contributed by atoms with van der Waals surface area (Å²) in [5.74, 6) is 4.35. The average Bonchev–Trinajstić information content (AvgIpc) is 0.792. The predicted octanol–water partition coefficient (Wildman–Crippen LogP) is 18.4. The van der Waals surface area contributed by atoms with Crippen molar-refractivity contribution < 1.29 is 78.7 Å². The van der Waals surface area contributed by atoms with Gasteiger partial charge in [-0.3, -0.25) is 0 Å². The van der Waals surface area contributed by atoms with Gasteiger partial charge in [-0.25, -0.2) is 0 Å². The van der Waals surface area contributed by atoms with Gasteiger partial charge in [0.2, 0.25) is 0 Å². The third-order valence-corrected chi connectivity index (χ3v) is 19.2. The molecular formula is C80H88Cl8O16. The van der Waals surface area contributed by atoms with Crippen LogP contribution in [0.25, 0.3) is 0 Å². The molecule has 8 N–H and O–H groups in total. The van der Waals surface area contributed by atoms with Crippen LogP contribution in [-0.2, 0) is 51.4 Å². The van der Waals surface area contributed by atoms with Crippen LogP contribution in [0.3, 0.4) is 0 Å². The number of phenolic OH excluding ortho intramolecular Hbond substituents is 8. The van der Waals surface area contributed by atoms with Crippen LogP contribution in [0.1, 0.15) is 140 Å². The fourth-order valence-corrected chi connectivity index (χ4v) is 13.8. The van der Waals surface area contributed by atoms with Crippen molar-refractivity contribution in [2.24, 2.45) is 0 Å². The molecule has 24 heteroatoms. The van der Waals surface area contributed by atoms with E-state index in [1.807, 2.05) is 0 Å². The molecule has 0 fully saturated rings. The lowest BCUT2D eigenvalue weighted by atomic mass is 9.90. The van der Waals surface area contributed by atoms with Gasteiger partial charge < -0.3 is 78.7 Å². The van der Waals surface area contributed by atoms with E-state index in [9.17, 15) is 40.9 Å². The van der Waals surface area contributed by atoms with Gasteiger partial charge in [0.25, 0.3) is 0 Å². The summed E-state index contributed by atoms with van der Waals surface area (Å²) in [6, 6.07) is 25.4. The van der Waals surface area contributed by atoms with E-state index in [1.165, 1.54) is 0 Å².